The summed E-state index contributed by atoms with van der Waals surface area (Å²) in [6.45, 7) is 6.71. The van der Waals surface area contributed by atoms with Crippen LogP contribution in [0.25, 0.3) is 0 Å². The first-order valence-electron chi connectivity index (χ1n) is 5.85. The molecule has 4 nitrogen and oxygen atoms in total. The van der Waals surface area contributed by atoms with Gasteiger partial charge >= 0.3 is 0 Å². The summed E-state index contributed by atoms with van der Waals surface area (Å²) in [6, 6.07) is 6.09. The Labute approximate surface area is 115 Å². The van der Waals surface area contributed by atoms with Crippen molar-refractivity contribution < 1.29 is 4.52 Å². The molecule has 0 saturated heterocycles. The van der Waals surface area contributed by atoms with Gasteiger partial charge < -0.3 is 9.84 Å². The maximum atomic E-state index is 5.17. The van der Waals surface area contributed by atoms with Crippen LogP contribution in [0, 0.1) is 13.8 Å². The Bertz CT molecular complexity index is 519. The highest BCUT2D eigenvalue weighted by molar-refractivity contribution is 9.10. The summed E-state index contributed by atoms with van der Waals surface area (Å²) in [6.07, 6.45) is 0. The average molecular weight is 310 g/mol. The van der Waals surface area contributed by atoms with Crippen LogP contribution in [0.5, 0.6) is 0 Å². The van der Waals surface area contributed by atoms with Gasteiger partial charge in [-0.2, -0.15) is 0 Å². The zero-order valence-corrected chi connectivity index (χ0v) is 12.3. The van der Waals surface area contributed by atoms with E-state index in [-0.39, 0.29) is 6.04 Å². The van der Waals surface area contributed by atoms with Crippen molar-refractivity contribution in [2.24, 2.45) is 0 Å². The predicted molar refractivity (Wildman–Crippen MR) is 73.2 cm³/mol. The van der Waals surface area contributed by atoms with Crippen molar-refractivity contribution in [1.29, 1.82) is 0 Å². The SMILES string of the molecule is Cc1noc(C)c1C(C)NCc1cccc(Br)n1. The van der Waals surface area contributed by atoms with Crippen LogP contribution in [-0.4, -0.2) is 10.1 Å². The molecular formula is C13H16BrN3O. The molecule has 0 spiro atoms. The fraction of sp³-hybridized carbons (Fsp3) is 0.385. The lowest BCUT2D eigenvalue weighted by Crippen LogP contribution is -2.19. The second kappa shape index (κ2) is 5.63. The Kier molecular flexibility index (Phi) is 4.14. The van der Waals surface area contributed by atoms with E-state index in [0.29, 0.717) is 6.54 Å². The highest BCUT2D eigenvalue weighted by atomic mass is 79.9. The van der Waals surface area contributed by atoms with Crippen LogP contribution in [0.4, 0.5) is 0 Å². The Balaban J connectivity index is 2.03. The van der Waals surface area contributed by atoms with Crippen LogP contribution < -0.4 is 5.32 Å². The molecule has 0 amide bonds. The second-order valence-corrected chi connectivity index (χ2v) is 5.10. The van der Waals surface area contributed by atoms with Gasteiger partial charge in [-0.25, -0.2) is 4.98 Å². The number of nitrogens with one attached hydrogen (secondary N) is 1. The first-order chi connectivity index (χ1) is 8.58. The molecule has 1 unspecified atom stereocenters. The number of halogens is 1. The maximum Gasteiger partial charge on any atom is 0.138 e. The number of hydrogen-bond acceptors (Lipinski definition) is 4. The molecule has 0 bridgehead atoms. The third-order valence-corrected chi connectivity index (χ3v) is 3.33. The van der Waals surface area contributed by atoms with E-state index in [1.54, 1.807) is 0 Å². The van der Waals surface area contributed by atoms with E-state index in [1.807, 2.05) is 32.0 Å². The minimum Gasteiger partial charge on any atom is -0.361 e. The number of aromatic nitrogens is 2. The van der Waals surface area contributed by atoms with Crippen molar-refractivity contribution in [3.63, 3.8) is 0 Å². The number of nitrogens with zero attached hydrogens (tertiary/aromatic N) is 2. The third kappa shape index (κ3) is 2.97. The predicted octanol–water partition coefficient (Wildman–Crippen LogP) is 3.30. The van der Waals surface area contributed by atoms with E-state index in [1.165, 1.54) is 0 Å². The van der Waals surface area contributed by atoms with Crippen molar-refractivity contribution in [2.45, 2.75) is 33.4 Å². The zero-order chi connectivity index (χ0) is 13.1. The van der Waals surface area contributed by atoms with Gasteiger partial charge in [0.15, 0.2) is 0 Å². The van der Waals surface area contributed by atoms with Crippen LogP contribution in [0.1, 0.15) is 35.7 Å². The Morgan fingerprint density at radius 1 is 1.39 bits per heavy atom. The van der Waals surface area contributed by atoms with Crippen molar-refractivity contribution >= 4 is 15.9 Å². The minimum absolute atomic E-state index is 0.192. The lowest BCUT2D eigenvalue weighted by molar-refractivity contribution is 0.390. The quantitative estimate of drug-likeness (QED) is 0.880. The van der Waals surface area contributed by atoms with Gasteiger partial charge in [0, 0.05) is 18.2 Å². The first-order valence-corrected chi connectivity index (χ1v) is 6.65. The Morgan fingerprint density at radius 3 is 2.78 bits per heavy atom. The molecule has 1 N–H and O–H groups in total. The molecule has 0 saturated carbocycles. The summed E-state index contributed by atoms with van der Waals surface area (Å²) in [5.41, 5.74) is 3.07. The summed E-state index contributed by atoms with van der Waals surface area (Å²) in [4.78, 5) is 4.39. The summed E-state index contributed by atoms with van der Waals surface area (Å²) in [7, 11) is 0. The highest BCUT2D eigenvalue weighted by Gasteiger charge is 2.15. The van der Waals surface area contributed by atoms with Gasteiger partial charge in [0.05, 0.1) is 11.4 Å². The van der Waals surface area contributed by atoms with Crippen LogP contribution >= 0.6 is 15.9 Å². The van der Waals surface area contributed by atoms with E-state index in [2.05, 4.69) is 38.3 Å². The lowest BCUT2D eigenvalue weighted by Gasteiger charge is -2.13. The molecule has 2 aromatic rings. The average Bonchev–Trinajstić information content (AvgIpc) is 2.66. The molecule has 0 radical (unpaired) electrons. The smallest absolute Gasteiger partial charge is 0.138 e. The van der Waals surface area contributed by atoms with Crippen LogP contribution in [0.3, 0.4) is 0 Å². The van der Waals surface area contributed by atoms with E-state index in [9.17, 15) is 0 Å². The topological polar surface area (TPSA) is 51.0 Å². The monoisotopic (exact) mass is 309 g/mol. The molecule has 2 aromatic heterocycles. The van der Waals surface area contributed by atoms with Gasteiger partial charge in [-0.3, -0.25) is 0 Å². The van der Waals surface area contributed by atoms with E-state index in [4.69, 9.17) is 4.52 Å². The molecule has 5 heteroatoms. The molecule has 2 rings (SSSR count). The lowest BCUT2D eigenvalue weighted by atomic mass is 10.1. The van der Waals surface area contributed by atoms with Gasteiger partial charge in [0.25, 0.3) is 0 Å². The summed E-state index contributed by atoms with van der Waals surface area (Å²) in [5.74, 6) is 0.870. The van der Waals surface area contributed by atoms with Gasteiger partial charge in [0.1, 0.15) is 10.4 Å². The van der Waals surface area contributed by atoms with Gasteiger partial charge in [-0.1, -0.05) is 11.2 Å². The summed E-state index contributed by atoms with van der Waals surface area (Å²) < 4.78 is 6.03. The third-order valence-electron chi connectivity index (χ3n) is 2.88. The fourth-order valence-corrected chi connectivity index (χ4v) is 2.40. The van der Waals surface area contributed by atoms with Crippen LogP contribution in [0.15, 0.2) is 27.3 Å². The molecule has 1 atom stereocenters. The largest absolute Gasteiger partial charge is 0.361 e. The maximum absolute atomic E-state index is 5.17. The van der Waals surface area contributed by atoms with Gasteiger partial charge in [0.2, 0.25) is 0 Å². The fourth-order valence-electron chi connectivity index (χ4n) is 2.02. The van der Waals surface area contributed by atoms with E-state index in [0.717, 1.165) is 27.3 Å². The second-order valence-electron chi connectivity index (χ2n) is 4.29. The van der Waals surface area contributed by atoms with Crippen molar-refractivity contribution in [2.75, 3.05) is 0 Å². The van der Waals surface area contributed by atoms with Crippen LogP contribution in [0.2, 0.25) is 0 Å². The van der Waals surface area contributed by atoms with Gasteiger partial charge in [-0.15, -0.1) is 0 Å². The Hall–Kier alpha value is -1.20. The number of hydrogen-bond donors (Lipinski definition) is 1. The van der Waals surface area contributed by atoms with Crippen molar-refractivity contribution in [3.05, 3.63) is 45.5 Å². The standard InChI is InChI=1S/C13H16BrN3O/c1-8(13-9(2)17-18-10(13)3)15-7-11-5-4-6-12(14)16-11/h4-6,8,15H,7H2,1-3H3. The van der Waals surface area contributed by atoms with Crippen LogP contribution in [-0.2, 0) is 6.54 Å². The summed E-state index contributed by atoms with van der Waals surface area (Å²) in [5, 5.41) is 7.40. The zero-order valence-electron chi connectivity index (χ0n) is 10.7. The molecule has 0 aromatic carbocycles. The molecule has 0 aliphatic carbocycles. The molecule has 96 valence electrons. The Morgan fingerprint density at radius 2 is 2.17 bits per heavy atom. The highest BCUT2D eigenvalue weighted by Crippen LogP contribution is 2.21. The van der Waals surface area contributed by atoms with Gasteiger partial charge in [-0.05, 0) is 48.8 Å². The van der Waals surface area contributed by atoms with Crippen molar-refractivity contribution in [1.82, 2.24) is 15.5 Å². The number of aryl methyl sites for hydroxylation is 2. The normalized spacial score (nSPS) is 12.7. The van der Waals surface area contributed by atoms with E-state index >= 15 is 0 Å². The molecular weight excluding hydrogens is 294 g/mol. The first kappa shape index (κ1) is 13.2. The number of pyridine rings is 1. The molecule has 0 aliphatic heterocycles. The minimum atomic E-state index is 0.192. The number of rotatable bonds is 4. The molecule has 2 heterocycles. The molecule has 18 heavy (non-hydrogen) atoms. The summed E-state index contributed by atoms with van der Waals surface area (Å²) >= 11 is 3.37. The molecule has 0 fully saturated rings. The van der Waals surface area contributed by atoms with Crippen molar-refractivity contribution in [3.8, 4) is 0 Å². The van der Waals surface area contributed by atoms with E-state index < -0.39 is 0 Å². The molecule has 0 aliphatic rings.